The minimum absolute atomic E-state index is 0.0930. The molecule has 27 heavy (non-hydrogen) atoms. The highest BCUT2D eigenvalue weighted by atomic mass is 16.5. The maximum absolute atomic E-state index is 12.2. The molecule has 1 amide bonds. The molecule has 0 unspecified atom stereocenters. The normalized spacial score (nSPS) is 10.1. The number of amides is 1. The van der Waals surface area contributed by atoms with E-state index >= 15 is 0 Å². The number of benzene rings is 3. The molecule has 0 saturated heterocycles. The zero-order chi connectivity index (χ0) is 19.1. The van der Waals surface area contributed by atoms with E-state index in [-0.39, 0.29) is 12.5 Å². The van der Waals surface area contributed by atoms with Crippen LogP contribution < -0.4 is 19.5 Å². The van der Waals surface area contributed by atoms with Crippen LogP contribution in [-0.4, -0.2) is 26.7 Å². The molecular weight excluding hydrogens is 342 g/mol. The number of carbonyl (C=O) groups excluding carboxylic acids is 1. The van der Waals surface area contributed by atoms with Gasteiger partial charge in [0.2, 0.25) is 0 Å². The van der Waals surface area contributed by atoms with Crippen molar-refractivity contribution in [3.05, 3.63) is 72.8 Å². The van der Waals surface area contributed by atoms with Crippen LogP contribution in [0.4, 0.5) is 5.69 Å². The number of methoxy groups -OCH3 is 2. The standard InChI is InChI=1S/C22H21NO4/c1-25-20-12-18(13-21(14-20)26-2)23-22(24)15-27-19-10-8-17(9-11-19)16-6-4-3-5-7-16/h3-14H,15H2,1-2H3,(H,23,24). The van der Waals surface area contributed by atoms with E-state index in [1.54, 1.807) is 32.4 Å². The molecule has 3 aromatic carbocycles. The Morgan fingerprint density at radius 3 is 1.96 bits per heavy atom. The van der Waals surface area contributed by atoms with Crippen LogP contribution in [0.1, 0.15) is 0 Å². The Hall–Kier alpha value is -3.47. The number of nitrogens with one attached hydrogen (secondary N) is 1. The van der Waals surface area contributed by atoms with E-state index < -0.39 is 0 Å². The van der Waals surface area contributed by atoms with Crippen LogP contribution in [-0.2, 0) is 4.79 Å². The molecule has 0 atom stereocenters. The Balaban J connectivity index is 1.58. The van der Waals surface area contributed by atoms with Gasteiger partial charge in [-0.05, 0) is 23.3 Å². The third kappa shape index (κ3) is 5.01. The van der Waals surface area contributed by atoms with Gasteiger partial charge in [-0.3, -0.25) is 4.79 Å². The summed E-state index contributed by atoms with van der Waals surface area (Å²) in [4.78, 5) is 12.2. The fourth-order valence-corrected chi connectivity index (χ4v) is 2.60. The van der Waals surface area contributed by atoms with E-state index in [0.717, 1.165) is 11.1 Å². The molecule has 3 rings (SSSR count). The SMILES string of the molecule is COc1cc(NC(=O)COc2ccc(-c3ccccc3)cc2)cc(OC)c1. The summed E-state index contributed by atoms with van der Waals surface area (Å²) in [5, 5.41) is 2.77. The van der Waals surface area contributed by atoms with Gasteiger partial charge in [0.1, 0.15) is 17.2 Å². The first kappa shape index (κ1) is 18.3. The second-order valence-corrected chi connectivity index (χ2v) is 5.83. The van der Waals surface area contributed by atoms with E-state index in [2.05, 4.69) is 5.32 Å². The summed E-state index contributed by atoms with van der Waals surface area (Å²) in [6.07, 6.45) is 0. The number of hydrogen-bond acceptors (Lipinski definition) is 4. The fourth-order valence-electron chi connectivity index (χ4n) is 2.60. The lowest BCUT2D eigenvalue weighted by Gasteiger charge is -2.11. The summed E-state index contributed by atoms with van der Waals surface area (Å²) in [5.41, 5.74) is 2.81. The molecule has 1 N–H and O–H groups in total. The summed E-state index contributed by atoms with van der Waals surface area (Å²) >= 11 is 0. The Morgan fingerprint density at radius 2 is 1.37 bits per heavy atom. The fraction of sp³-hybridized carbons (Fsp3) is 0.136. The van der Waals surface area contributed by atoms with Gasteiger partial charge in [0, 0.05) is 23.9 Å². The first-order chi connectivity index (χ1) is 13.2. The average molecular weight is 363 g/mol. The third-order valence-electron chi connectivity index (χ3n) is 3.97. The van der Waals surface area contributed by atoms with Crippen LogP contribution in [0.25, 0.3) is 11.1 Å². The monoisotopic (exact) mass is 363 g/mol. The van der Waals surface area contributed by atoms with Gasteiger partial charge in [0.15, 0.2) is 6.61 Å². The van der Waals surface area contributed by atoms with Gasteiger partial charge >= 0.3 is 0 Å². The average Bonchev–Trinajstić information content (AvgIpc) is 2.73. The first-order valence-electron chi connectivity index (χ1n) is 8.49. The van der Waals surface area contributed by atoms with Crippen molar-refractivity contribution in [3.8, 4) is 28.4 Å². The molecule has 0 aliphatic carbocycles. The Kier molecular flexibility index (Phi) is 5.94. The van der Waals surface area contributed by atoms with Crippen molar-refractivity contribution in [3.63, 3.8) is 0 Å². The van der Waals surface area contributed by atoms with E-state index in [1.165, 1.54) is 0 Å². The molecule has 0 radical (unpaired) electrons. The molecule has 138 valence electrons. The van der Waals surface area contributed by atoms with Crippen molar-refractivity contribution in [2.75, 3.05) is 26.1 Å². The van der Waals surface area contributed by atoms with Crippen LogP contribution in [0.15, 0.2) is 72.8 Å². The van der Waals surface area contributed by atoms with Crippen molar-refractivity contribution >= 4 is 11.6 Å². The van der Waals surface area contributed by atoms with Crippen molar-refractivity contribution in [1.82, 2.24) is 0 Å². The highest BCUT2D eigenvalue weighted by Gasteiger charge is 2.07. The molecule has 5 heteroatoms. The molecule has 0 heterocycles. The number of anilines is 1. The highest BCUT2D eigenvalue weighted by molar-refractivity contribution is 5.92. The molecule has 0 aliphatic rings. The summed E-state index contributed by atoms with van der Waals surface area (Å²) in [6, 6.07) is 22.9. The minimum atomic E-state index is -0.266. The molecule has 0 spiro atoms. The van der Waals surface area contributed by atoms with E-state index in [1.807, 2.05) is 54.6 Å². The summed E-state index contributed by atoms with van der Waals surface area (Å²) in [5.74, 6) is 1.56. The second kappa shape index (κ2) is 8.76. The lowest BCUT2D eigenvalue weighted by atomic mass is 10.1. The van der Waals surface area contributed by atoms with Gasteiger partial charge in [0.25, 0.3) is 5.91 Å². The van der Waals surface area contributed by atoms with Gasteiger partial charge in [-0.25, -0.2) is 0 Å². The topological polar surface area (TPSA) is 56.8 Å². The number of hydrogen-bond donors (Lipinski definition) is 1. The summed E-state index contributed by atoms with van der Waals surface area (Å²) in [7, 11) is 3.12. The predicted molar refractivity (Wildman–Crippen MR) is 106 cm³/mol. The number of carbonyl (C=O) groups is 1. The maximum atomic E-state index is 12.2. The second-order valence-electron chi connectivity index (χ2n) is 5.83. The Labute approximate surface area is 158 Å². The van der Waals surface area contributed by atoms with Crippen LogP contribution in [0.3, 0.4) is 0 Å². The van der Waals surface area contributed by atoms with E-state index in [9.17, 15) is 4.79 Å². The lowest BCUT2D eigenvalue weighted by Crippen LogP contribution is -2.20. The Bertz CT molecular complexity index is 870. The molecular formula is C22H21NO4. The van der Waals surface area contributed by atoms with Crippen LogP contribution in [0, 0.1) is 0 Å². The molecule has 0 bridgehead atoms. The van der Waals surface area contributed by atoms with Crippen molar-refractivity contribution in [1.29, 1.82) is 0 Å². The summed E-state index contributed by atoms with van der Waals surface area (Å²) < 4.78 is 16.0. The lowest BCUT2D eigenvalue weighted by molar-refractivity contribution is -0.118. The molecule has 0 aromatic heterocycles. The van der Waals surface area contributed by atoms with E-state index in [4.69, 9.17) is 14.2 Å². The molecule has 3 aromatic rings. The third-order valence-corrected chi connectivity index (χ3v) is 3.97. The van der Waals surface area contributed by atoms with Crippen LogP contribution >= 0.6 is 0 Å². The van der Waals surface area contributed by atoms with Gasteiger partial charge in [-0.1, -0.05) is 42.5 Å². The van der Waals surface area contributed by atoms with Crippen molar-refractivity contribution in [2.45, 2.75) is 0 Å². The number of rotatable bonds is 7. The molecule has 0 fully saturated rings. The summed E-state index contributed by atoms with van der Waals surface area (Å²) in [6.45, 7) is -0.0930. The molecule has 0 saturated carbocycles. The maximum Gasteiger partial charge on any atom is 0.262 e. The van der Waals surface area contributed by atoms with Gasteiger partial charge in [-0.15, -0.1) is 0 Å². The first-order valence-corrected chi connectivity index (χ1v) is 8.49. The Morgan fingerprint density at radius 1 is 0.778 bits per heavy atom. The largest absolute Gasteiger partial charge is 0.497 e. The van der Waals surface area contributed by atoms with E-state index in [0.29, 0.717) is 22.9 Å². The quantitative estimate of drug-likeness (QED) is 0.676. The molecule has 5 nitrogen and oxygen atoms in total. The number of ether oxygens (including phenoxy) is 3. The highest BCUT2D eigenvalue weighted by Crippen LogP contribution is 2.26. The van der Waals surface area contributed by atoms with Gasteiger partial charge in [-0.2, -0.15) is 0 Å². The predicted octanol–water partition coefficient (Wildman–Crippen LogP) is 4.39. The van der Waals surface area contributed by atoms with Crippen LogP contribution in [0.2, 0.25) is 0 Å². The van der Waals surface area contributed by atoms with Crippen LogP contribution in [0.5, 0.6) is 17.2 Å². The van der Waals surface area contributed by atoms with Gasteiger partial charge in [0.05, 0.1) is 14.2 Å². The minimum Gasteiger partial charge on any atom is -0.497 e. The zero-order valence-electron chi connectivity index (χ0n) is 15.3. The van der Waals surface area contributed by atoms with Crippen molar-refractivity contribution < 1.29 is 19.0 Å². The van der Waals surface area contributed by atoms with Crippen molar-refractivity contribution in [2.24, 2.45) is 0 Å². The van der Waals surface area contributed by atoms with Gasteiger partial charge < -0.3 is 19.5 Å². The molecule has 0 aliphatic heterocycles. The zero-order valence-corrected chi connectivity index (χ0v) is 15.3. The smallest absolute Gasteiger partial charge is 0.262 e.